The van der Waals surface area contributed by atoms with Gasteiger partial charge in [-0.05, 0) is 40.5 Å². The molecule has 3 aromatic rings. The number of rotatable bonds is 4. The van der Waals surface area contributed by atoms with Crippen molar-refractivity contribution < 1.29 is 0 Å². The summed E-state index contributed by atoms with van der Waals surface area (Å²) < 4.78 is 0. The molecule has 1 aliphatic heterocycles. The molecular formula is C27H32N2Si. The molecule has 30 heavy (non-hydrogen) atoms. The molecule has 2 nitrogen and oxygen atoms in total. The first-order chi connectivity index (χ1) is 14.4. The molecule has 1 unspecified atom stereocenters. The largest absolute Gasteiger partial charge is 0.282 e. The molecule has 0 saturated heterocycles. The topological polar surface area (TPSA) is 6.48 Å². The van der Waals surface area contributed by atoms with Gasteiger partial charge in [-0.2, -0.15) is 0 Å². The van der Waals surface area contributed by atoms with E-state index in [0.717, 1.165) is 0 Å². The highest BCUT2D eigenvalue weighted by atomic mass is 28.3. The van der Waals surface area contributed by atoms with Crippen molar-refractivity contribution in [2.45, 2.75) is 38.8 Å². The van der Waals surface area contributed by atoms with Crippen LogP contribution in [0.25, 0.3) is 0 Å². The number of hydrazine groups is 1. The molecule has 0 saturated carbocycles. The average Bonchev–Trinajstić information content (AvgIpc) is 3.04. The van der Waals surface area contributed by atoms with Gasteiger partial charge in [0, 0.05) is 18.4 Å². The van der Waals surface area contributed by atoms with Crippen LogP contribution in [-0.2, 0) is 0 Å². The highest BCUT2D eigenvalue weighted by Crippen LogP contribution is 2.45. The summed E-state index contributed by atoms with van der Waals surface area (Å²) in [6, 6.07) is 33.6. The van der Waals surface area contributed by atoms with Gasteiger partial charge in [0.25, 0.3) is 0 Å². The SMILES string of the molecule is CC1C=C([Si](c2ccccc2)(c2ccccc2)C(C)(C)C)N(c2ccccc2)N1C. The zero-order valence-corrected chi connectivity index (χ0v) is 19.7. The van der Waals surface area contributed by atoms with Crippen LogP contribution in [0.2, 0.25) is 5.04 Å². The van der Waals surface area contributed by atoms with E-state index in [-0.39, 0.29) is 5.04 Å². The molecule has 0 aromatic heterocycles. The van der Waals surface area contributed by atoms with E-state index < -0.39 is 8.07 Å². The van der Waals surface area contributed by atoms with Crippen LogP contribution < -0.4 is 15.4 Å². The third kappa shape index (κ3) is 3.23. The van der Waals surface area contributed by atoms with Crippen LogP contribution in [0.5, 0.6) is 0 Å². The Hall–Kier alpha value is -2.62. The Morgan fingerprint density at radius 2 is 1.13 bits per heavy atom. The third-order valence-electron chi connectivity index (χ3n) is 6.46. The maximum atomic E-state index is 2.50. The molecule has 4 rings (SSSR count). The predicted molar refractivity (Wildman–Crippen MR) is 132 cm³/mol. The van der Waals surface area contributed by atoms with E-state index in [1.54, 1.807) is 0 Å². The van der Waals surface area contributed by atoms with Gasteiger partial charge >= 0.3 is 0 Å². The van der Waals surface area contributed by atoms with Crippen molar-refractivity contribution in [3.63, 3.8) is 0 Å². The number of hydrogen-bond acceptors (Lipinski definition) is 2. The predicted octanol–water partition coefficient (Wildman–Crippen LogP) is 5.23. The van der Waals surface area contributed by atoms with Crippen molar-refractivity contribution >= 4 is 24.1 Å². The summed E-state index contributed by atoms with van der Waals surface area (Å²) in [7, 11) is -0.193. The molecule has 3 aromatic carbocycles. The quantitative estimate of drug-likeness (QED) is 0.542. The van der Waals surface area contributed by atoms with Gasteiger partial charge in [-0.25, -0.2) is 5.01 Å². The van der Waals surface area contributed by atoms with Crippen LogP contribution in [0.3, 0.4) is 0 Å². The fourth-order valence-corrected chi connectivity index (χ4v) is 10.9. The van der Waals surface area contributed by atoms with Crippen molar-refractivity contribution in [2.24, 2.45) is 0 Å². The molecule has 3 heteroatoms. The molecule has 0 radical (unpaired) electrons. The lowest BCUT2D eigenvalue weighted by Gasteiger charge is -2.48. The summed E-state index contributed by atoms with van der Waals surface area (Å²) in [5.41, 5.74) is 1.23. The number of benzene rings is 3. The summed E-state index contributed by atoms with van der Waals surface area (Å²) in [6.07, 6.45) is 2.50. The molecule has 1 aliphatic rings. The van der Waals surface area contributed by atoms with Crippen LogP contribution in [0, 0.1) is 0 Å². The van der Waals surface area contributed by atoms with Crippen LogP contribution in [0.4, 0.5) is 5.69 Å². The van der Waals surface area contributed by atoms with E-state index in [0.29, 0.717) is 6.04 Å². The number of para-hydroxylation sites is 1. The maximum absolute atomic E-state index is 2.50. The molecule has 0 N–H and O–H groups in total. The normalized spacial score (nSPS) is 17.8. The highest BCUT2D eigenvalue weighted by molar-refractivity contribution is 7.09. The van der Waals surface area contributed by atoms with Crippen LogP contribution in [-0.4, -0.2) is 26.2 Å². The number of likely N-dealkylation sites (N-methyl/N-ethyl adjacent to an activating group) is 1. The lowest BCUT2D eigenvalue weighted by atomic mass is 10.2. The van der Waals surface area contributed by atoms with E-state index in [1.807, 2.05) is 0 Å². The Morgan fingerprint density at radius 3 is 1.57 bits per heavy atom. The average molecular weight is 413 g/mol. The van der Waals surface area contributed by atoms with Gasteiger partial charge in [-0.15, -0.1) is 0 Å². The van der Waals surface area contributed by atoms with Crippen LogP contribution in [0.1, 0.15) is 27.7 Å². The number of hydrogen-bond donors (Lipinski definition) is 0. The minimum atomic E-state index is -2.40. The Bertz CT molecular complexity index is 967. The second-order valence-electron chi connectivity index (χ2n) is 9.25. The zero-order chi connectivity index (χ0) is 21.4. The Morgan fingerprint density at radius 1 is 0.700 bits per heavy atom. The summed E-state index contributed by atoms with van der Waals surface area (Å²) >= 11 is 0. The molecular weight excluding hydrogens is 380 g/mol. The smallest absolute Gasteiger partial charge is 0.175 e. The molecule has 1 atom stereocenters. The van der Waals surface area contributed by atoms with Gasteiger partial charge in [0.15, 0.2) is 8.07 Å². The van der Waals surface area contributed by atoms with Gasteiger partial charge in [0.05, 0.1) is 5.69 Å². The van der Waals surface area contributed by atoms with E-state index >= 15 is 0 Å². The third-order valence-corrected chi connectivity index (χ3v) is 12.3. The van der Waals surface area contributed by atoms with Crippen molar-refractivity contribution in [1.82, 2.24) is 5.01 Å². The Kier molecular flexibility index (Phi) is 5.43. The minimum Gasteiger partial charge on any atom is -0.282 e. The van der Waals surface area contributed by atoms with Crippen LogP contribution in [0.15, 0.2) is 102 Å². The molecule has 0 fully saturated rings. The fraction of sp³-hybridized carbons (Fsp3) is 0.259. The van der Waals surface area contributed by atoms with Gasteiger partial charge in [0.1, 0.15) is 0 Å². The first kappa shape index (κ1) is 20.6. The van der Waals surface area contributed by atoms with Gasteiger partial charge < -0.3 is 0 Å². The maximum Gasteiger partial charge on any atom is 0.175 e. The van der Waals surface area contributed by atoms with E-state index in [1.165, 1.54) is 21.4 Å². The van der Waals surface area contributed by atoms with Crippen molar-refractivity contribution in [3.8, 4) is 0 Å². The minimum absolute atomic E-state index is 0.0689. The van der Waals surface area contributed by atoms with E-state index in [4.69, 9.17) is 0 Å². The zero-order valence-electron chi connectivity index (χ0n) is 18.7. The summed E-state index contributed by atoms with van der Waals surface area (Å²) in [4.78, 5) is 0. The summed E-state index contributed by atoms with van der Waals surface area (Å²) in [6.45, 7) is 9.56. The molecule has 0 spiro atoms. The summed E-state index contributed by atoms with van der Waals surface area (Å²) in [5, 5.41) is 9.29. The molecule has 154 valence electrons. The van der Waals surface area contributed by atoms with E-state index in [9.17, 15) is 0 Å². The highest BCUT2D eigenvalue weighted by Gasteiger charge is 2.54. The van der Waals surface area contributed by atoms with Crippen LogP contribution >= 0.6 is 0 Å². The van der Waals surface area contributed by atoms with Crippen molar-refractivity contribution in [3.05, 3.63) is 102 Å². The standard InChI is InChI=1S/C27H32N2Si/c1-22-21-26(29(28(22)5)23-15-9-6-10-16-23)30(27(2,3)4,24-17-11-7-12-18-24)25-19-13-8-14-20-25/h6-22H,1-5H3. The second kappa shape index (κ2) is 7.90. The van der Waals surface area contributed by atoms with Gasteiger partial charge in [0.2, 0.25) is 0 Å². The van der Waals surface area contributed by atoms with E-state index in [2.05, 4.69) is 142 Å². The lowest BCUT2D eigenvalue weighted by molar-refractivity contribution is 0.319. The second-order valence-corrected chi connectivity index (χ2v) is 13.9. The lowest BCUT2D eigenvalue weighted by Crippen LogP contribution is -2.68. The fourth-order valence-electron chi connectivity index (χ4n) is 5.02. The van der Waals surface area contributed by atoms with Gasteiger partial charge in [-0.1, -0.05) is 99.6 Å². The summed E-state index contributed by atoms with van der Waals surface area (Å²) in [5.74, 6) is 0. The molecule has 1 heterocycles. The monoisotopic (exact) mass is 412 g/mol. The van der Waals surface area contributed by atoms with Crippen molar-refractivity contribution in [1.29, 1.82) is 0 Å². The van der Waals surface area contributed by atoms with Gasteiger partial charge in [-0.3, -0.25) is 5.01 Å². The molecule has 0 bridgehead atoms. The first-order valence-electron chi connectivity index (χ1n) is 10.8. The number of nitrogens with zero attached hydrogens (tertiary/aromatic N) is 2. The molecule has 0 amide bonds. The first-order valence-corrected chi connectivity index (χ1v) is 12.8. The Balaban J connectivity index is 2.06. The molecule has 0 aliphatic carbocycles. The number of anilines is 1. The Labute approximate surface area is 182 Å². The van der Waals surface area contributed by atoms with Crippen molar-refractivity contribution in [2.75, 3.05) is 12.1 Å².